The molecule has 1 saturated heterocycles. The smallest absolute Gasteiger partial charge is 0.339 e. The number of fused-ring (bicyclic) bond motifs is 1. The van der Waals surface area contributed by atoms with Crippen LogP contribution in [0.4, 0.5) is 5.69 Å². The van der Waals surface area contributed by atoms with Crippen molar-refractivity contribution in [3.63, 3.8) is 0 Å². The first-order valence-corrected chi connectivity index (χ1v) is 7.44. The highest BCUT2D eigenvalue weighted by atomic mass is 79.9. The Bertz CT molecular complexity index is 524. The lowest BCUT2D eigenvalue weighted by molar-refractivity contribution is 0.0691. The Balaban J connectivity index is 2.16. The van der Waals surface area contributed by atoms with Crippen LogP contribution in [0, 0.1) is 0 Å². The number of anilines is 1. The molecule has 1 N–H and O–H groups in total. The lowest BCUT2D eigenvalue weighted by Gasteiger charge is -2.28. The van der Waals surface area contributed by atoms with Crippen molar-refractivity contribution in [2.45, 2.75) is 25.7 Å². The van der Waals surface area contributed by atoms with Crippen molar-refractivity contribution in [1.29, 1.82) is 0 Å². The molecule has 4 nitrogen and oxygen atoms in total. The molecule has 0 atom stereocenters. The van der Waals surface area contributed by atoms with E-state index in [-0.39, 0.29) is 5.56 Å². The van der Waals surface area contributed by atoms with Crippen LogP contribution in [0.15, 0.2) is 10.5 Å². The summed E-state index contributed by atoms with van der Waals surface area (Å²) in [4.78, 5) is 13.7. The van der Waals surface area contributed by atoms with E-state index < -0.39 is 5.97 Å². The minimum Gasteiger partial charge on any atom is -0.492 e. The molecule has 0 aromatic heterocycles. The van der Waals surface area contributed by atoms with Gasteiger partial charge in [0.1, 0.15) is 11.3 Å². The quantitative estimate of drug-likeness (QED) is 0.907. The molecule has 2 aliphatic heterocycles. The summed E-state index contributed by atoms with van der Waals surface area (Å²) < 4.78 is 6.51. The zero-order valence-corrected chi connectivity index (χ0v) is 12.2. The van der Waals surface area contributed by atoms with Gasteiger partial charge in [-0.05, 0) is 47.7 Å². The summed E-state index contributed by atoms with van der Waals surface area (Å²) in [6, 6.07) is 1.68. The third kappa shape index (κ3) is 2.20. The van der Waals surface area contributed by atoms with E-state index in [1.54, 1.807) is 6.07 Å². The first-order valence-electron chi connectivity index (χ1n) is 6.65. The monoisotopic (exact) mass is 325 g/mol. The van der Waals surface area contributed by atoms with Crippen LogP contribution >= 0.6 is 15.9 Å². The Hall–Kier alpha value is -1.23. The molecule has 0 bridgehead atoms. The highest BCUT2D eigenvalue weighted by Crippen LogP contribution is 2.42. The SMILES string of the molecule is O=C(O)c1cc(Br)c(N2CCCC2)c2c1OCCC2. The topological polar surface area (TPSA) is 49.8 Å². The molecule has 2 heterocycles. The lowest BCUT2D eigenvalue weighted by Crippen LogP contribution is -2.23. The van der Waals surface area contributed by atoms with Gasteiger partial charge in [0.05, 0.1) is 12.3 Å². The molecular weight excluding hydrogens is 310 g/mol. The van der Waals surface area contributed by atoms with Crippen molar-refractivity contribution in [3.8, 4) is 5.75 Å². The number of carbonyl (C=O) groups is 1. The van der Waals surface area contributed by atoms with Crippen molar-refractivity contribution < 1.29 is 14.6 Å². The molecule has 1 fully saturated rings. The summed E-state index contributed by atoms with van der Waals surface area (Å²) in [6.45, 7) is 2.68. The zero-order chi connectivity index (χ0) is 13.4. The van der Waals surface area contributed by atoms with Crippen LogP contribution < -0.4 is 9.64 Å². The molecule has 0 radical (unpaired) electrons. The minimum atomic E-state index is -0.924. The highest BCUT2D eigenvalue weighted by Gasteiger charge is 2.28. The maximum absolute atomic E-state index is 11.3. The van der Waals surface area contributed by atoms with Gasteiger partial charge in [0.25, 0.3) is 0 Å². The van der Waals surface area contributed by atoms with Crippen LogP contribution in [0.5, 0.6) is 5.75 Å². The minimum absolute atomic E-state index is 0.268. The van der Waals surface area contributed by atoms with Gasteiger partial charge >= 0.3 is 5.97 Å². The third-order valence-corrected chi connectivity index (χ3v) is 4.38. The molecule has 0 aliphatic carbocycles. The van der Waals surface area contributed by atoms with E-state index in [1.807, 2.05) is 0 Å². The van der Waals surface area contributed by atoms with Gasteiger partial charge in [-0.3, -0.25) is 0 Å². The maximum atomic E-state index is 11.3. The predicted molar refractivity (Wildman–Crippen MR) is 76.4 cm³/mol. The van der Waals surface area contributed by atoms with Crippen molar-refractivity contribution in [1.82, 2.24) is 0 Å². The molecule has 102 valence electrons. The van der Waals surface area contributed by atoms with Crippen LogP contribution in [-0.2, 0) is 6.42 Å². The molecule has 0 amide bonds. The molecular formula is C14H16BrNO3. The van der Waals surface area contributed by atoms with Gasteiger partial charge < -0.3 is 14.7 Å². The summed E-state index contributed by atoms with van der Waals surface area (Å²) in [5, 5.41) is 9.31. The van der Waals surface area contributed by atoms with Crippen LogP contribution in [0.2, 0.25) is 0 Å². The Kier molecular flexibility index (Phi) is 3.39. The first-order chi connectivity index (χ1) is 9.18. The molecule has 2 aliphatic rings. The zero-order valence-electron chi connectivity index (χ0n) is 10.6. The van der Waals surface area contributed by atoms with E-state index in [2.05, 4.69) is 20.8 Å². The normalized spacial score (nSPS) is 18.1. The van der Waals surface area contributed by atoms with E-state index >= 15 is 0 Å². The number of benzene rings is 1. The van der Waals surface area contributed by atoms with Crippen LogP contribution in [0.1, 0.15) is 35.2 Å². The van der Waals surface area contributed by atoms with Crippen LogP contribution in [0.25, 0.3) is 0 Å². The maximum Gasteiger partial charge on any atom is 0.339 e. The molecule has 0 saturated carbocycles. The third-order valence-electron chi connectivity index (χ3n) is 3.77. The number of carboxylic acid groups (broad SMARTS) is 1. The molecule has 0 unspecified atom stereocenters. The van der Waals surface area contributed by atoms with Gasteiger partial charge in [-0.2, -0.15) is 0 Å². The number of aromatic carboxylic acids is 1. The van der Waals surface area contributed by atoms with E-state index in [4.69, 9.17) is 4.74 Å². The fourth-order valence-electron chi connectivity index (χ4n) is 2.94. The summed E-state index contributed by atoms with van der Waals surface area (Å²) in [7, 11) is 0. The van der Waals surface area contributed by atoms with Gasteiger partial charge in [-0.1, -0.05) is 0 Å². The summed E-state index contributed by atoms with van der Waals surface area (Å²) in [5.74, 6) is -0.351. The molecule has 19 heavy (non-hydrogen) atoms. The van der Waals surface area contributed by atoms with E-state index in [0.29, 0.717) is 12.4 Å². The van der Waals surface area contributed by atoms with Gasteiger partial charge in [-0.25, -0.2) is 4.79 Å². The lowest BCUT2D eigenvalue weighted by atomic mass is 9.99. The van der Waals surface area contributed by atoms with E-state index in [9.17, 15) is 9.90 Å². The standard InChI is InChI=1S/C14H16BrNO3/c15-11-8-10(14(17)18)13-9(4-3-7-19-13)12(11)16-5-1-2-6-16/h8H,1-7H2,(H,17,18). The first kappa shape index (κ1) is 12.8. The largest absolute Gasteiger partial charge is 0.492 e. The summed E-state index contributed by atoms with van der Waals surface area (Å²) in [6.07, 6.45) is 4.23. The average molecular weight is 326 g/mol. The van der Waals surface area contributed by atoms with Crippen molar-refractivity contribution >= 4 is 27.6 Å². The number of rotatable bonds is 2. The van der Waals surface area contributed by atoms with Crippen LogP contribution in [-0.4, -0.2) is 30.8 Å². The van der Waals surface area contributed by atoms with Crippen molar-refractivity contribution in [3.05, 3.63) is 21.7 Å². The van der Waals surface area contributed by atoms with Crippen molar-refractivity contribution in [2.75, 3.05) is 24.6 Å². The molecule has 0 spiro atoms. The summed E-state index contributed by atoms with van der Waals surface area (Å²) in [5.41, 5.74) is 2.46. The Labute approximate surface area is 120 Å². The van der Waals surface area contributed by atoms with Gasteiger partial charge in [0.15, 0.2) is 0 Å². The summed E-state index contributed by atoms with van der Waals surface area (Å²) >= 11 is 3.54. The van der Waals surface area contributed by atoms with Crippen LogP contribution in [0.3, 0.4) is 0 Å². The Morgan fingerprint density at radius 1 is 1.32 bits per heavy atom. The Morgan fingerprint density at radius 3 is 2.74 bits per heavy atom. The molecule has 3 rings (SSSR count). The number of carboxylic acids is 1. The van der Waals surface area contributed by atoms with Gasteiger partial charge in [-0.15, -0.1) is 0 Å². The highest BCUT2D eigenvalue weighted by molar-refractivity contribution is 9.10. The number of ether oxygens (including phenoxy) is 1. The second-order valence-electron chi connectivity index (χ2n) is 5.01. The fourth-order valence-corrected chi connectivity index (χ4v) is 3.66. The van der Waals surface area contributed by atoms with Crippen molar-refractivity contribution in [2.24, 2.45) is 0 Å². The fraction of sp³-hybridized carbons (Fsp3) is 0.500. The molecule has 1 aromatic rings. The number of nitrogens with zero attached hydrogens (tertiary/aromatic N) is 1. The Morgan fingerprint density at radius 2 is 2.05 bits per heavy atom. The number of hydrogen-bond acceptors (Lipinski definition) is 3. The molecule has 1 aromatic carbocycles. The second-order valence-corrected chi connectivity index (χ2v) is 5.87. The second kappa shape index (κ2) is 5.04. The average Bonchev–Trinajstić information content (AvgIpc) is 2.91. The van der Waals surface area contributed by atoms with E-state index in [0.717, 1.165) is 41.7 Å². The number of hydrogen-bond donors (Lipinski definition) is 1. The predicted octanol–water partition coefficient (Wildman–Crippen LogP) is 3.07. The number of halogens is 1. The van der Waals surface area contributed by atoms with Gasteiger partial charge in [0.2, 0.25) is 0 Å². The van der Waals surface area contributed by atoms with Gasteiger partial charge in [0, 0.05) is 23.1 Å². The molecule has 5 heteroatoms. The van der Waals surface area contributed by atoms with E-state index in [1.165, 1.54) is 12.8 Å².